The molecule has 1 heterocycles. The van der Waals surface area contributed by atoms with Gasteiger partial charge in [-0.05, 0) is 19.1 Å². The molecule has 2 rings (SSSR count). The van der Waals surface area contributed by atoms with Crippen molar-refractivity contribution < 1.29 is 9.72 Å². The van der Waals surface area contributed by atoms with Gasteiger partial charge >= 0.3 is 0 Å². The second-order valence-corrected chi connectivity index (χ2v) is 5.75. The molecule has 0 aliphatic carbocycles. The molecular formula is C14H10ClN5O3S. The number of anilines is 2. The normalized spacial score (nSPS) is 10.8. The largest absolute Gasteiger partial charge is 0.337 e. The van der Waals surface area contributed by atoms with Crippen LogP contribution in [0.3, 0.4) is 0 Å². The van der Waals surface area contributed by atoms with E-state index in [-0.39, 0.29) is 22.0 Å². The summed E-state index contributed by atoms with van der Waals surface area (Å²) in [4.78, 5) is 26.4. The monoisotopic (exact) mass is 363 g/mol. The predicted molar refractivity (Wildman–Crippen MR) is 90.9 cm³/mol. The van der Waals surface area contributed by atoms with E-state index in [1.54, 1.807) is 6.07 Å². The first-order valence-corrected chi connectivity index (χ1v) is 7.70. The number of nitro benzene ring substituents is 1. The van der Waals surface area contributed by atoms with Gasteiger partial charge in [0.25, 0.3) is 11.6 Å². The van der Waals surface area contributed by atoms with Crippen molar-refractivity contribution in [3.8, 4) is 6.07 Å². The second kappa shape index (κ2) is 7.54. The average Bonchev–Trinajstić information content (AvgIpc) is 2.95. The van der Waals surface area contributed by atoms with Crippen molar-refractivity contribution in [2.24, 2.45) is 0 Å². The molecule has 2 aromatic rings. The summed E-state index contributed by atoms with van der Waals surface area (Å²) in [6.45, 7) is 1.82. The fourth-order valence-corrected chi connectivity index (χ4v) is 2.48. The fourth-order valence-electron chi connectivity index (χ4n) is 1.63. The quantitative estimate of drug-likeness (QED) is 0.363. The molecule has 0 bridgehead atoms. The van der Waals surface area contributed by atoms with Gasteiger partial charge in [-0.3, -0.25) is 14.9 Å². The van der Waals surface area contributed by atoms with Gasteiger partial charge in [0.1, 0.15) is 16.7 Å². The number of aromatic nitrogens is 1. The molecule has 0 saturated carbocycles. The van der Waals surface area contributed by atoms with E-state index in [2.05, 4.69) is 15.6 Å². The smallest absolute Gasteiger partial charge is 0.289 e. The maximum absolute atomic E-state index is 12.1. The summed E-state index contributed by atoms with van der Waals surface area (Å²) in [5.41, 5.74) is 0.420. The van der Waals surface area contributed by atoms with E-state index >= 15 is 0 Å². The van der Waals surface area contributed by atoms with Crippen LogP contribution in [0.25, 0.3) is 0 Å². The fraction of sp³-hybridized carbons (Fsp3) is 0.0714. The van der Waals surface area contributed by atoms with E-state index < -0.39 is 10.8 Å². The zero-order chi connectivity index (χ0) is 17.7. The third-order valence-corrected chi connectivity index (χ3v) is 3.94. The molecule has 0 saturated heterocycles. The molecule has 0 fully saturated rings. The molecule has 1 aromatic heterocycles. The summed E-state index contributed by atoms with van der Waals surface area (Å²) >= 11 is 7.03. The number of hydrogen-bond donors (Lipinski definition) is 2. The second-order valence-electron chi connectivity index (χ2n) is 4.49. The Morgan fingerprint density at radius 2 is 2.29 bits per heavy atom. The van der Waals surface area contributed by atoms with Crippen LogP contribution in [-0.4, -0.2) is 15.8 Å². The zero-order valence-corrected chi connectivity index (χ0v) is 13.8. The van der Waals surface area contributed by atoms with Crippen LogP contribution in [0.15, 0.2) is 35.4 Å². The first-order valence-electron chi connectivity index (χ1n) is 6.45. The Kier molecular flexibility index (Phi) is 5.47. The maximum Gasteiger partial charge on any atom is 0.289 e. The third-order valence-electron chi connectivity index (χ3n) is 2.72. The Hall–Kier alpha value is -2.96. The maximum atomic E-state index is 12.1. The lowest BCUT2D eigenvalue weighted by atomic mass is 10.2. The number of amides is 1. The number of nitrogens with one attached hydrogen (secondary N) is 2. The Balaban J connectivity index is 2.13. The van der Waals surface area contributed by atoms with Gasteiger partial charge in [0, 0.05) is 23.3 Å². The summed E-state index contributed by atoms with van der Waals surface area (Å²) in [7, 11) is 0. The Labute approximate surface area is 145 Å². The van der Waals surface area contributed by atoms with Gasteiger partial charge in [-0.15, -0.1) is 11.3 Å². The number of halogens is 1. The number of nitrogens with zero attached hydrogens (tertiary/aromatic N) is 3. The first kappa shape index (κ1) is 17.4. The van der Waals surface area contributed by atoms with Crippen LogP contribution in [0.4, 0.5) is 16.5 Å². The van der Waals surface area contributed by atoms with Gasteiger partial charge in [0.2, 0.25) is 0 Å². The molecule has 10 heteroatoms. The number of carbonyl (C=O) groups excluding carboxylic acids is 1. The van der Waals surface area contributed by atoms with E-state index in [4.69, 9.17) is 16.9 Å². The van der Waals surface area contributed by atoms with Crippen molar-refractivity contribution in [1.29, 1.82) is 5.26 Å². The Bertz CT molecular complexity index is 872. The lowest BCUT2D eigenvalue weighted by Gasteiger charge is -2.05. The molecule has 0 atom stereocenters. The van der Waals surface area contributed by atoms with Crippen LogP contribution in [-0.2, 0) is 4.79 Å². The number of rotatable bonds is 5. The van der Waals surface area contributed by atoms with Crippen molar-refractivity contribution in [1.82, 2.24) is 4.98 Å². The van der Waals surface area contributed by atoms with Crippen LogP contribution < -0.4 is 10.6 Å². The van der Waals surface area contributed by atoms with Gasteiger partial charge < -0.3 is 10.6 Å². The van der Waals surface area contributed by atoms with E-state index in [0.717, 1.165) is 11.8 Å². The van der Waals surface area contributed by atoms with Gasteiger partial charge in [-0.25, -0.2) is 4.98 Å². The molecule has 0 unspecified atom stereocenters. The first-order chi connectivity index (χ1) is 11.4. The highest BCUT2D eigenvalue weighted by Crippen LogP contribution is 2.27. The molecule has 0 aliphatic heterocycles. The number of benzene rings is 1. The summed E-state index contributed by atoms with van der Waals surface area (Å²) in [5.74, 6) is -0.713. The molecule has 1 aromatic carbocycles. The van der Waals surface area contributed by atoms with Crippen molar-refractivity contribution in [3.05, 3.63) is 56.2 Å². The topological polar surface area (TPSA) is 121 Å². The van der Waals surface area contributed by atoms with E-state index in [1.807, 2.05) is 12.3 Å². The number of carbonyl (C=O) groups is 1. The SMILES string of the molecule is Cc1csc(N/C=C(/C#N)C(=O)Nc2ccc(Cl)c([N+](=O)[O-])c2)n1. The van der Waals surface area contributed by atoms with Crippen LogP contribution in [0, 0.1) is 28.4 Å². The minimum Gasteiger partial charge on any atom is -0.337 e. The number of hydrogen-bond acceptors (Lipinski definition) is 7. The molecule has 1 amide bonds. The van der Waals surface area contributed by atoms with Crippen LogP contribution in [0.1, 0.15) is 5.69 Å². The average molecular weight is 364 g/mol. The molecule has 0 aliphatic rings. The number of aryl methyl sites for hydroxylation is 1. The lowest BCUT2D eigenvalue weighted by molar-refractivity contribution is -0.384. The van der Waals surface area contributed by atoms with Crippen LogP contribution in [0.5, 0.6) is 0 Å². The van der Waals surface area contributed by atoms with Crippen LogP contribution in [0.2, 0.25) is 5.02 Å². The summed E-state index contributed by atoms with van der Waals surface area (Å²) in [6.07, 6.45) is 1.22. The third kappa shape index (κ3) is 4.28. The van der Waals surface area contributed by atoms with E-state index in [0.29, 0.717) is 5.13 Å². The Morgan fingerprint density at radius 1 is 1.54 bits per heavy atom. The highest BCUT2D eigenvalue weighted by molar-refractivity contribution is 7.13. The predicted octanol–water partition coefficient (Wildman–Crippen LogP) is 3.47. The van der Waals surface area contributed by atoms with Crippen molar-refractivity contribution in [3.63, 3.8) is 0 Å². The van der Waals surface area contributed by atoms with Gasteiger partial charge in [0.15, 0.2) is 5.13 Å². The lowest BCUT2D eigenvalue weighted by Crippen LogP contribution is -2.14. The van der Waals surface area contributed by atoms with Gasteiger partial charge in [-0.1, -0.05) is 11.6 Å². The van der Waals surface area contributed by atoms with Crippen molar-refractivity contribution in [2.45, 2.75) is 6.92 Å². The molecule has 8 nitrogen and oxygen atoms in total. The van der Waals surface area contributed by atoms with Crippen LogP contribution >= 0.6 is 22.9 Å². The highest BCUT2D eigenvalue weighted by atomic mass is 35.5. The number of thiazole rings is 1. The molecule has 2 N–H and O–H groups in total. The summed E-state index contributed by atoms with van der Waals surface area (Å²) in [5, 5.41) is 27.4. The summed E-state index contributed by atoms with van der Waals surface area (Å²) < 4.78 is 0. The van der Waals surface area contributed by atoms with Crippen molar-refractivity contribution in [2.75, 3.05) is 10.6 Å². The molecule has 122 valence electrons. The Morgan fingerprint density at radius 3 is 2.88 bits per heavy atom. The van der Waals surface area contributed by atoms with E-state index in [9.17, 15) is 14.9 Å². The molecular weight excluding hydrogens is 354 g/mol. The molecule has 0 radical (unpaired) electrons. The number of nitriles is 1. The van der Waals surface area contributed by atoms with E-state index in [1.165, 1.54) is 29.7 Å². The minimum absolute atomic E-state index is 0.0464. The van der Waals surface area contributed by atoms with Gasteiger partial charge in [0.05, 0.1) is 10.6 Å². The summed E-state index contributed by atoms with van der Waals surface area (Å²) in [6, 6.07) is 5.57. The number of nitro groups is 1. The molecule has 24 heavy (non-hydrogen) atoms. The standard InChI is InChI=1S/C14H10ClN5O3S/c1-8-7-24-14(18-8)17-6-9(5-16)13(21)19-10-2-3-11(15)12(4-10)20(22)23/h2-4,6-7H,1H3,(H,17,18)(H,19,21)/b9-6-. The van der Waals surface area contributed by atoms with Gasteiger partial charge in [-0.2, -0.15) is 5.26 Å². The molecule has 0 spiro atoms. The van der Waals surface area contributed by atoms with Crippen molar-refractivity contribution >= 4 is 45.4 Å². The zero-order valence-electron chi connectivity index (χ0n) is 12.2. The minimum atomic E-state index is -0.713. The highest BCUT2D eigenvalue weighted by Gasteiger charge is 2.15.